The van der Waals surface area contributed by atoms with Gasteiger partial charge in [0, 0.05) is 36.6 Å². The number of halogens is 1. The molecule has 0 saturated carbocycles. The van der Waals surface area contributed by atoms with E-state index in [4.69, 9.17) is 16.6 Å². The van der Waals surface area contributed by atoms with Crippen molar-refractivity contribution in [3.8, 4) is 0 Å². The van der Waals surface area contributed by atoms with Crippen molar-refractivity contribution in [2.45, 2.75) is 26.2 Å². The number of carbonyl (C=O) groups is 1. The Labute approximate surface area is 158 Å². The maximum absolute atomic E-state index is 13.0. The van der Waals surface area contributed by atoms with Gasteiger partial charge in [-0.3, -0.25) is 4.79 Å². The number of nitrogens with zero attached hydrogens (tertiary/aromatic N) is 3. The lowest BCUT2D eigenvalue weighted by Gasteiger charge is -2.39. The molecule has 1 aromatic carbocycles. The van der Waals surface area contributed by atoms with Gasteiger partial charge in [-0.05, 0) is 49.9 Å². The molecule has 2 saturated heterocycles. The van der Waals surface area contributed by atoms with E-state index in [2.05, 4.69) is 17.9 Å². The third kappa shape index (κ3) is 2.93. The minimum atomic E-state index is -0.327. The molecule has 0 unspecified atom stereocenters. The van der Waals surface area contributed by atoms with Crippen LogP contribution in [-0.4, -0.2) is 53.7 Å². The predicted octanol–water partition coefficient (Wildman–Crippen LogP) is 3.01. The van der Waals surface area contributed by atoms with Crippen molar-refractivity contribution < 1.29 is 9.90 Å². The summed E-state index contributed by atoms with van der Waals surface area (Å²) >= 11 is 6.14. The molecule has 0 bridgehead atoms. The summed E-state index contributed by atoms with van der Waals surface area (Å²) in [6, 6.07) is 7.90. The zero-order valence-electron chi connectivity index (χ0n) is 15.0. The van der Waals surface area contributed by atoms with Gasteiger partial charge in [-0.1, -0.05) is 17.7 Å². The van der Waals surface area contributed by atoms with E-state index in [0.717, 1.165) is 49.1 Å². The molecule has 1 amide bonds. The molecule has 1 N–H and O–H groups in total. The van der Waals surface area contributed by atoms with E-state index in [1.807, 2.05) is 23.1 Å². The number of β-amino-alcohol motifs (C(OH)–C–C–N with tert-alkyl or cyclic N) is 1. The first-order valence-corrected chi connectivity index (χ1v) is 9.62. The Morgan fingerprint density at radius 1 is 1.27 bits per heavy atom. The molecule has 1 aromatic heterocycles. The lowest BCUT2D eigenvalue weighted by molar-refractivity contribution is -0.145. The minimum Gasteiger partial charge on any atom is -0.395 e. The number of carbonyl (C=O) groups excluding carboxylic acids is 1. The summed E-state index contributed by atoms with van der Waals surface area (Å²) in [7, 11) is 0. The standard InChI is InChI=1S/C20H24ClN3O2/c1-14-11-18(22-17-12-15(21)3-4-16(14)17)24-8-6-20(13-24)5-2-7-23(9-10-25)19(20)26/h3-4,11-12,25H,2,5-10,13H2,1H3/t20-/m1/s1. The number of rotatable bonds is 3. The Bertz CT molecular complexity index is 854. The first-order valence-electron chi connectivity index (χ1n) is 9.24. The van der Waals surface area contributed by atoms with Crippen molar-refractivity contribution in [2.24, 2.45) is 5.41 Å². The first kappa shape index (κ1) is 17.6. The molecule has 138 valence electrons. The Morgan fingerprint density at radius 3 is 2.92 bits per heavy atom. The summed E-state index contributed by atoms with van der Waals surface area (Å²) in [5.41, 5.74) is 1.73. The molecule has 2 fully saturated rings. The van der Waals surface area contributed by atoms with Crippen molar-refractivity contribution in [3.05, 3.63) is 34.9 Å². The van der Waals surface area contributed by atoms with Gasteiger partial charge in [-0.2, -0.15) is 0 Å². The molecule has 6 heteroatoms. The first-order chi connectivity index (χ1) is 12.5. The number of likely N-dealkylation sites (tertiary alicyclic amines) is 1. The molecule has 4 rings (SSSR count). The summed E-state index contributed by atoms with van der Waals surface area (Å²) in [6.07, 6.45) is 2.77. The fourth-order valence-corrected chi connectivity index (χ4v) is 4.62. The summed E-state index contributed by atoms with van der Waals surface area (Å²) in [4.78, 5) is 21.9. The number of hydrogen-bond acceptors (Lipinski definition) is 4. The molecule has 1 atom stereocenters. The van der Waals surface area contributed by atoms with Crippen LogP contribution in [0.4, 0.5) is 5.82 Å². The number of aliphatic hydroxyl groups excluding tert-OH is 1. The van der Waals surface area contributed by atoms with Gasteiger partial charge >= 0.3 is 0 Å². The number of piperidine rings is 1. The van der Waals surface area contributed by atoms with E-state index in [9.17, 15) is 9.90 Å². The van der Waals surface area contributed by atoms with Crippen LogP contribution >= 0.6 is 11.6 Å². The normalized spacial score (nSPS) is 23.4. The molecule has 2 aromatic rings. The number of fused-ring (bicyclic) bond motifs is 1. The van der Waals surface area contributed by atoms with Gasteiger partial charge in [0.2, 0.25) is 5.91 Å². The van der Waals surface area contributed by atoms with Crippen molar-refractivity contribution >= 4 is 34.2 Å². The predicted molar refractivity (Wildman–Crippen MR) is 104 cm³/mol. The lowest BCUT2D eigenvalue weighted by atomic mass is 9.78. The zero-order chi connectivity index (χ0) is 18.3. The molecule has 2 aliphatic rings. The summed E-state index contributed by atoms with van der Waals surface area (Å²) < 4.78 is 0. The fraction of sp³-hybridized carbons (Fsp3) is 0.500. The third-order valence-electron chi connectivity index (χ3n) is 5.84. The van der Waals surface area contributed by atoms with Gasteiger partial charge in [0.05, 0.1) is 17.5 Å². The van der Waals surface area contributed by atoms with E-state index in [-0.39, 0.29) is 17.9 Å². The number of aryl methyl sites for hydroxylation is 1. The highest BCUT2D eigenvalue weighted by molar-refractivity contribution is 6.31. The SMILES string of the molecule is Cc1cc(N2CC[C@]3(CCCN(CCO)C3=O)C2)nc2cc(Cl)ccc12. The van der Waals surface area contributed by atoms with E-state index in [0.29, 0.717) is 18.1 Å². The summed E-state index contributed by atoms with van der Waals surface area (Å²) in [5.74, 6) is 1.11. The Kier molecular flexibility index (Phi) is 4.53. The highest BCUT2D eigenvalue weighted by atomic mass is 35.5. The number of benzene rings is 1. The number of pyridine rings is 1. The summed E-state index contributed by atoms with van der Waals surface area (Å²) in [5, 5.41) is 11.0. The molecule has 1 spiro atoms. The zero-order valence-corrected chi connectivity index (χ0v) is 15.8. The number of anilines is 1. The van der Waals surface area contributed by atoms with Gasteiger partial charge in [0.15, 0.2) is 0 Å². The van der Waals surface area contributed by atoms with Gasteiger partial charge in [0.25, 0.3) is 0 Å². The Hall–Kier alpha value is -1.85. The van der Waals surface area contributed by atoms with Crippen molar-refractivity contribution in [1.29, 1.82) is 0 Å². The van der Waals surface area contributed by atoms with Crippen molar-refractivity contribution in [2.75, 3.05) is 37.7 Å². The van der Waals surface area contributed by atoms with Crippen LogP contribution in [0.2, 0.25) is 5.02 Å². The third-order valence-corrected chi connectivity index (χ3v) is 6.07. The largest absolute Gasteiger partial charge is 0.395 e. The van der Waals surface area contributed by atoms with Gasteiger partial charge in [-0.15, -0.1) is 0 Å². The highest BCUT2D eigenvalue weighted by Gasteiger charge is 2.48. The lowest BCUT2D eigenvalue weighted by Crippen LogP contribution is -2.50. The topological polar surface area (TPSA) is 56.7 Å². The van der Waals surface area contributed by atoms with E-state index in [1.54, 1.807) is 0 Å². The molecular weight excluding hydrogens is 350 g/mol. The second kappa shape index (κ2) is 6.71. The molecule has 26 heavy (non-hydrogen) atoms. The quantitative estimate of drug-likeness (QED) is 0.898. The smallest absolute Gasteiger partial charge is 0.230 e. The van der Waals surface area contributed by atoms with Crippen LogP contribution in [0.15, 0.2) is 24.3 Å². The second-order valence-electron chi connectivity index (χ2n) is 7.53. The Balaban J connectivity index is 1.62. The van der Waals surface area contributed by atoms with Crippen LogP contribution in [-0.2, 0) is 4.79 Å². The van der Waals surface area contributed by atoms with Gasteiger partial charge in [0.1, 0.15) is 5.82 Å². The monoisotopic (exact) mass is 373 g/mol. The molecule has 0 radical (unpaired) electrons. The average Bonchev–Trinajstić information content (AvgIpc) is 3.04. The molecule has 3 heterocycles. The van der Waals surface area contributed by atoms with Crippen molar-refractivity contribution in [3.63, 3.8) is 0 Å². The van der Waals surface area contributed by atoms with Crippen LogP contribution < -0.4 is 4.90 Å². The van der Waals surface area contributed by atoms with Crippen LogP contribution in [0.1, 0.15) is 24.8 Å². The van der Waals surface area contributed by atoms with E-state index in [1.165, 1.54) is 5.56 Å². The average molecular weight is 374 g/mol. The number of hydrogen-bond donors (Lipinski definition) is 1. The molecular formula is C20H24ClN3O2. The number of aliphatic hydroxyl groups is 1. The molecule has 5 nitrogen and oxygen atoms in total. The summed E-state index contributed by atoms with van der Waals surface area (Å²) in [6.45, 7) is 4.84. The van der Waals surface area contributed by atoms with Crippen LogP contribution in [0, 0.1) is 12.3 Å². The maximum atomic E-state index is 13.0. The maximum Gasteiger partial charge on any atom is 0.230 e. The fourth-order valence-electron chi connectivity index (χ4n) is 4.45. The van der Waals surface area contributed by atoms with Crippen LogP contribution in [0.5, 0.6) is 0 Å². The van der Waals surface area contributed by atoms with Crippen LogP contribution in [0.25, 0.3) is 10.9 Å². The van der Waals surface area contributed by atoms with Gasteiger partial charge in [-0.25, -0.2) is 4.98 Å². The van der Waals surface area contributed by atoms with E-state index < -0.39 is 0 Å². The Morgan fingerprint density at radius 2 is 2.12 bits per heavy atom. The van der Waals surface area contributed by atoms with Crippen LogP contribution in [0.3, 0.4) is 0 Å². The minimum absolute atomic E-state index is 0.0255. The highest BCUT2D eigenvalue weighted by Crippen LogP contribution is 2.41. The number of amides is 1. The molecule has 2 aliphatic heterocycles. The number of aromatic nitrogens is 1. The van der Waals surface area contributed by atoms with E-state index >= 15 is 0 Å². The van der Waals surface area contributed by atoms with Crippen molar-refractivity contribution in [1.82, 2.24) is 9.88 Å². The second-order valence-corrected chi connectivity index (χ2v) is 7.97. The molecule has 0 aliphatic carbocycles. The van der Waals surface area contributed by atoms with Gasteiger partial charge < -0.3 is 14.9 Å².